The van der Waals surface area contributed by atoms with E-state index in [1.54, 1.807) is 6.20 Å². The summed E-state index contributed by atoms with van der Waals surface area (Å²) in [5.41, 5.74) is 4.12. The highest BCUT2D eigenvalue weighted by atomic mass is 14.7. The summed E-state index contributed by atoms with van der Waals surface area (Å²) < 4.78 is 0. The Morgan fingerprint density at radius 2 is 2.07 bits per heavy atom. The van der Waals surface area contributed by atoms with Gasteiger partial charge in [0, 0.05) is 17.3 Å². The summed E-state index contributed by atoms with van der Waals surface area (Å²) >= 11 is 0. The number of rotatable bonds is 1. The van der Waals surface area contributed by atoms with E-state index in [4.69, 9.17) is 6.42 Å². The van der Waals surface area contributed by atoms with E-state index in [1.165, 1.54) is 5.56 Å². The molecule has 0 spiro atoms. The van der Waals surface area contributed by atoms with Gasteiger partial charge in [0.2, 0.25) is 0 Å². The summed E-state index contributed by atoms with van der Waals surface area (Å²) in [7, 11) is 0. The lowest BCUT2D eigenvalue weighted by Crippen LogP contribution is -1.85. The van der Waals surface area contributed by atoms with Crippen LogP contribution in [0, 0.1) is 19.3 Å². The molecule has 0 atom stereocenters. The van der Waals surface area contributed by atoms with Gasteiger partial charge in [-0.25, -0.2) is 0 Å². The minimum Gasteiger partial charge on any atom is -0.255 e. The van der Waals surface area contributed by atoms with Crippen molar-refractivity contribution < 1.29 is 0 Å². The van der Waals surface area contributed by atoms with Gasteiger partial charge in [0.25, 0.3) is 0 Å². The summed E-state index contributed by atoms with van der Waals surface area (Å²) in [5.74, 6) is 2.55. The molecule has 1 heteroatoms. The fourth-order valence-electron chi connectivity index (χ4n) is 1.45. The third-order valence-electron chi connectivity index (χ3n) is 2.24. The fraction of sp³-hybridized carbons (Fsp3) is 0.0714. The monoisotopic (exact) mass is 193 g/mol. The zero-order valence-electron chi connectivity index (χ0n) is 8.57. The molecular weight excluding hydrogens is 182 g/mol. The fourth-order valence-corrected chi connectivity index (χ4v) is 1.45. The van der Waals surface area contributed by atoms with Gasteiger partial charge >= 0.3 is 0 Å². The van der Waals surface area contributed by atoms with E-state index in [0.717, 1.165) is 16.8 Å². The van der Waals surface area contributed by atoms with Gasteiger partial charge in [-0.2, -0.15) is 0 Å². The van der Waals surface area contributed by atoms with E-state index in [0.29, 0.717) is 0 Å². The predicted octanol–water partition coefficient (Wildman–Crippen LogP) is 3.04. The first-order valence-corrected chi connectivity index (χ1v) is 4.79. The number of terminal acetylenes is 1. The second-order valence-corrected chi connectivity index (χ2v) is 3.45. The van der Waals surface area contributed by atoms with Crippen molar-refractivity contribution >= 4 is 0 Å². The molecule has 0 N–H and O–H groups in total. The summed E-state index contributed by atoms with van der Waals surface area (Å²) in [6.45, 7) is 2.07. The Kier molecular flexibility index (Phi) is 2.51. The second kappa shape index (κ2) is 3.98. The third-order valence-corrected chi connectivity index (χ3v) is 2.24. The first-order chi connectivity index (χ1) is 7.29. The number of hydrogen-bond donors (Lipinski definition) is 0. The highest BCUT2D eigenvalue weighted by Crippen LogP contribution is 2.17. The molecule has 0 saturated carbocycles. The number of aryl methyl sites for hydroxylation is 1. The number of aromatic nitrogens is 1. The van der Waals surface area contributed by atoms with Gasteiger partial charge in [-0.05, 0) is 25.1 Å². The smallest absolute Gasteiger partial charge is 0.0703 e. The Hall–Kier alpha value is -2.07. The summed E-state index contributed by atoms with van der Waals surface area (Å²) in [6, 6.07) is 12.1. The zero-order valence-corrected chi connectivity index (χ0v) is 8.57. The molecular formula is C14H11N. The van der Waals surface area contributed by atoms with E-state index in [1.807, 2.05) is 24.3 Å². The molecule has 0 bridgehead atoms. The number of hydrogen-bond acceptors (Lipinski definition) is 1. The van der Waals surface area contributed by atoms with Crippen molar-refractivity contribution in [2.75, 3.05) is 0 Å². The maximum Gasteiger partial charge on any atom is 0.0703 e. The molecule has 0 aliphatic heterocycles. The highest BCUT2D eigenvalue weighted by molar-refractivity contribution is 5.60. The lowest BCUT2D eigenvalue weighted by atomic mass is 10.1. The van der Waals surface area contributed by atoms with Crippen molar-refractivity contribution in [2.24, 2.45) is 0 Å². The summed E-state index contributed by atoms with van der Waals surface area (Å²) in [4.78, 5) is 4.32. The molecule has 0 fully saturated rings. The van der Waals surface area contributed by atoms with Crippen molar-refractivity contribution in [2.45, 2.75) is 6.92 Å². The molecule has 0 radical (unpaired) electrons. The first kappa shape index (κ1) is 9.48. The average Bonchev–Trinajstić information content (AvgIpc) is 2.29. The lowest BCUT2D eigenvalue weighted by Gasteiger charge is -2.01. The second-order valence-electron chi connectivity index (χ2n) is 3.45. The Balaban J connectivity index is 2.42. The molecule has 1 aromatic heterocycles. The summed E-state index contributed by atoms with van der Waals surface area (Å²) in [6.07, 6.45) is 6.99. The minimum absolute atomic E-state index is 0.811. The van der Waals surface area contributed by atoms with Crippen LogP contribution in [-0.4, -0.2) is 4.98 Å². The van der Waals surface area contributed by atoms with Gasteiger partial charge in [0.1, 0.15) is 0 Å². The van der Waals surface area contributed by atoms with Crippen molar-refractivity contribution in [3.63, 3.8) is 0 Å². The van der Waals surface area contributed by atoms with Crippen LogP contribution in [0.4, 0.5) is 0 Å². The normalized spacial score (nSPS) is 9.60. The minimum atomic E-state index is 0.811. The highest BCUT2D eigenvalue weighted by Gasteiger charge is 1.98. The van der Waals surface area contributed by atoms with Crippen LogP contribution in [0.25, 0.3) is 11.3 Å². The molecule has 1 aromatic carbocycles. The molecule has 0 unspecified atom stereocenters. The quantitative estimate of drug-likeness (QED) is 0.634. The van der Waals surface area contributed by atoms with Crippen molar-refractivity contribution in [1.29, 1.82) is 0 Å². The molecule has 15 heavy (non-hydrogen) atoms. The Morgan fingerprint density at radius 1 is 1.20 bits per heavy atom. The van der Waals surface area contributed by atoms with Gasteiger partial charge in [-0.15, -0.1) is 6.42 Å². The number of nitrogens with zero attached hydrogens (tertiary/aromatic N) is 1. The van der Waals surface area contributed by atoms with E-state index in [9.17, 15) is 0 Å². The predicted molar refractivity (Wildman–Crippen MR) is 62.3 cm³/mol. The van der Waals surface area contributed by atoms with Crippen molar-refractivity contribution in [3.8, 4) is 23.6 Å². The molecule has 0 amide bonds. The van der Waals surface area contributed by atoms with Crippen molar-refractivity contribution in [1.82, 2.24) is 4.98 Å². The van der Waals surface area contributed by atoms with E-state index in [2.05, 4.69) is 30.0 Å². The van der Waals surface area contributed by atoms with Crippen LogP contribution in [0.5, 0.6) is 0 Å². The third kappa shape index (κ3) is 2.05. The maximum absolute atomic E-state index is 5.27. The van der Waals surface area contributed by atoms with Gasteiger partial charge < -0.3 is 0 Å². The van der Waals surface area contributed by atoms with Crippen LogP contribution in [0.3, 0.4) is 0 Å². The van der Waals surface area contributed by atoms with Crippen LogP contribution >= 0.6 is 0 Å². The zero-order chi connectivity index (χ0) is 10.7. The topological polar surface area (TPSA) is 12.9 Å². The molecule has 2 rings (SSSR count). The SMILES string of the molecule is C#Cc1ccc(-c2cccc(C)c2)nc1. The van der Waals surface area contributed by atoms with Crippen LogP contribution < -0.4 is 0 Å². The lowest BCUT2D eigenvalue weighted by molar-refractivity contribution is 1.30. The Morgan fingerprint density at radius 3 is 2.67 bits per heavy atom. The maximum atomic E-state index is 5.27. The van der Waals surface area contributed by atoms with Crippen LogP contribution in [-0.2, 0) is 0 Å². The molecule has 2 aromatic rings. The number of benzene rings is 1. The molecule has 72 valence electrons. The molecule has 1 nitrogen and oxygen atoms in total. The largest absolute Gasteiger partial charge is 0.255 e. The van der Waals surface area contributed by atoms with Gasteiger partial charge in [0.05, 0.1) is 5.69 Å². The van der Waals surface area contributed by atoms with Gasteiger partial charge in [-0.1, -0.05) is 29.7 Å². The number of pyridine rings is 1. The first-order valence-electron chi connectivity index (χ1n) is 4.79. The van der Waals surface area contributed by atoms with Gasteiger partial charge in [-0.3, -0.25) is 4.98 Å². The molecule has 0 saturated heterocycles. The van der Waals surface area contributed by atoms with E-state index >= 15 is 0 Å². The van der Waals surface area contributed by atoms with Crippen LogP contribution in [0.2, 0.25) is 0 Å². The van der Waals surface area contributed by atoms with Crippen LogP contribution in [0.1, 0.15) is 11.1 Å². The van der Waals surface area contributed by atoms with Crippen molar-refractivity contribution in [3.05, 3.63) is 53.7 Å². The molecule has 1 heterocycles. The summed E-state index contributed by atoms with van der Waals surface area (Å²) in [5, 5.41) is 0. The van der Waals surface area contributed by atoms with Gasteiger partial charge in [0.15, 0.2) is 0 Å². The van der Waals surface area contributed by atoms with E-state index in [-0.39, 0.29) is 0 Å². The Bertz CT molecular complexity index is 504. The van der Waals surface area contributed by atoms with E-state index < -0.39 is 0 Å². The molecule has 0 aliphatic rings. The standard InChI is InChI=1S/C14H11N/c1-3-12-7-8-14(15-10-12)13-6-4-5-11(2)9-13/h1,4-10H,2H3. The van der Waals surface area contributed by atoms with Crippen LogP contribution in [0.15, 0.2) is 42.6 Å². The molecule has 0 aliphatic carbocycles. The average molecular weight is 193 g/mol. The Labute approximate surface area is 89.8 Å².